The molecule has 1 fully saturated rings. The molecule has 0 aromatic heterocycles. The van der Waals surface area contributed by atoms with Crippen LogP contribution in [0.25, 0.3) is 0 Å². The molecule has 2 aromatic carbocycles. The Hall–Kier alpha value is -1.94. The predicted octanol–water partition coefficient (Wildman–Crippen LogP) is 3.98. The van der Waals surface area contributed by atoms with Gasteiger partial charge in [-0.1, -0.05) is 30.3 Å². The molecule has 0 atom stereocenters. The van der Waals surface area contributed by atoms with Crippen molar-refractivity contribution in [2.45, 2.75) is 18.5 Å². The number of rotatable bonds is 1. The highest BCUT2D eigenvalue weighted by Gasteiger charge is 2.46. The van der Waals surface area contributed by atoms with Gasteiger partial charge in [0.2, 0.25) is 0 Å². The van der Waals surface area contributed by atoms with Crippen LogP contribution in [-0.2, 0) is 0 Å². The molecule has 1 N–H and O–H groups in total. The number of amides is 1. The maximum Gasteiger partial charge on any atom is 0.262 e. The van der Waals surface area contributed by atoms with Gasteiger partial charge in [-0.15, -0.1) is 0 Å². The first kappa shape index (κ1) is 13.7. The summed E-state index contributed by atoms with van der Waals surface area (Å²) in [6, 6.07) is 17.9. The van der Waals surface area contributed by atoms with Crippen LogP contribution in [0.5, 0.6) is 0 Å². The van der Waals surface area contributed by atoms with Crippen molar-refractivity contribution in [1.29, 1.82) is 0 Å². The molecular weight excluding hydrogens is 292 g/mol. The van der Waals surface area contributed by atoms with E-state index in [1.165, 1.54) is 0 Å². The van der Waals surface area contributed by atoms with E-state index in [9.17, 15) is 4.79 Å². The minimum absolute atomic E-state index is 0.104. The van der Waals surface area contributed by atoms with E-state index in [2.05, 4.69) is 5.32 Å². The van der Waals surface area contributed by atoms with Gasteiger partial charge in [-0.25, -0.2) is 0 Å². The number of thioether (sulfide) groups is 1. The first-order valence-electron chi connectivity index (χ1n) is 7.65. The molecule has 0 unspecified atom stereocenters. The Bertz CT molecular complexity index is 695. The molecule has 2 heterocycles. The van der Waals surface area contributed by atoms with Gasteiger partial charge in [0.15, 0.2) is 0 Å². The Kier molecular flexibility index (Phi) is 3.34. The second-order valence-electron chi connectivity index (χ2n) is 5.79. The van der Waals surface area contributed by atoms with Crippen molar-refractivity contribution in [1.82, 2.24) is 0 Å². The third-order valence-corrected chi connectivity index (χ3v) is 5.48. The molecule has 3 nitrogen and oxygen atoms in total. The Morgan fingerprint density at radius 2 is 1.64 bits per heavy atom. The summed E-state index contributed by atoms with van der Waals surface area (Å²) in [7, 11) is 0. The van der Waals surface area contributed by atoms with Gasteiger partial charge < -0.3 is 5.32 Å². The molecule has 0 saturated carbocycles. The summed E-state index contributed by atoms with van der Waals surface area (Å²) < 4.78 is 0. The van der Waals surface area contributed by atoms with Crippen molar-refractivity contribution in [3.63, 3.8) is 0 Å². The fourth-order valence-corrected chi connectivity index (χ4v) is 4.57. The quantitative estimate of drug-likeness (QED) is 0.864. The highest BCUT2D eigenvalue weighted by molar-refractivity contribution is 7.99. The number of hydrogen-bond donors (Lipinski definition) is 1. The monoisotopic (exact) mass is 310 g/mol. The SMILES string of the molecule is O=C1c2ccccc2NC2(CCSCC2)N1c1ccccc1. The summed E-state index contributed by atoms with van der Waals surface area (Å²) in [5, 5.41) is 3.68. The minimum atomic E-state index is -0.294. The molecule has 2 aromatic rings. The normalized spacial score (nSPS) is 19.6. The molecular formula is C18H18N2OS. The van der Waals surface area contributed by atoms with E-state index >= 15 is 0 Å². The largest absolute Gasteiger partial charge is 0.362 e. The van der Waals surface area contributed by atoms with E-state index in [0.717, 1.165) is 41.3 Å². The molecule has 112 valence electrons. The van der Waals surface area contributed by atoms with Crippen LogP contribution in [0.2, 0.25) is 0 Å². The smallest absolute Gasteiger partial charge is 0.262 e. The third-order valence-electron chi connectivity index (χ3n) is 4.49. The Morgan fingerprint density at radius 3 is 2.41 bits per heavy atom. The number of fused-ring (bicyclic) bond motifs is 1. The number of carbonyl (C=O) groups excluding carboxylic acids is 1. The molecule has 2 aliphatic rings. The predicted molar refractivity (Wildman–Crippen MR) is 92.6 cm³/mol. The average molecular weight is 310 g/mol. The second-order valence-corrected chi connectivity index (χ2v) is 7.02. The standard InChI is InChI=1S/C18H18N2OS/c21-17-15-8-4-5-9-16(15)19-18(10-12-22-13-11-18)20(17)14-6-2-1-3-7-14/h1-9,19H,10-13H2. The summed E-state index contributed by atoms with van der Waals surface area (Å²) in [5.74, 6) is 2.25. The number of nitrogens with zero attached hydrogens (tertiary/aromatic N) is 1. The van der Waals surface area contributed by atoms with Crippen molar-refractivity contribution in [2.24, 2.45) is 0 Å². The topological polar surface area (TPSA) is 32.3 Å². The van der Waals surface area contributed by atoms with E-state index < -0.39 is 0 Å². The number of carbonyl (C=O) groups is 1. The van der Waals surface area contributed by atoms with E-state index in [1.54, 1.807) is 0 Å². The number of anilines is 2. The van der Waals surface area contributed by atoms with Crippen LogP contribution in [0.15, 0.2) is 54.6 Å². The summed E-state index contributed by atoms with van der Waals surface area (Å²) in [5.41, 5.74) is 2.40. The van der Waals surface area contributed by atoms with Gasteiger partial charge in [0.1, 0.15) is 5.66 Å². The maximum atomic E-state index is 13.2. The van der Waals surface area contributed by atoms with Crippen LogP contribution in [0.3, 0.4) is 0 Å². The van der Waals surface area contributed by atoms with Crippen LogP contribution < -0.4 is 10.2 Å². The van der Waals surface area contributed by atoms with Gasteiger partial charge >= 0.3 is 0 Å². The van der Waals surface area contributed by atoms with Gasteiger partial charge in [0.05, 0.1) is 5.56 Å². The molecule has 0 bridgehead atoms. The van der Waals surface area contributed by atoms with Gasteiger partial charge in [0, 0.05) is 11.4 Å². The van der Waals surface area contributed by atoms with Crippen LogP contribution >= 0.6 is 11.8 Å². The van der Waals surface area contributed by atoms with E-state index in [-0.39, 0.29) is 11.6 Å². The van der Waals surface area contributed by atoms with Gasteiger partial charge in [-0.05, 0) is 48.6 Å². The second kappa shape index (κ2) is 5.36. The lowest BCUT2D eigenvalue weighted by Crippen LogP contribution is -2.62. The summed E-state index contributed by atoms with van der Waals surface area (Å²) in [4.78, 5) is 15.2. The van der Waals surface area contributed by atoms with E-state index in [4.69, 9.17) is 0 Å². The van der Waals surface area contributed by atoms with Crippen LogP contribution in [0, 0.1) is 0 Å². The van der Waals surface area contributed by atoms with E-state index in [1.807, 2.05) is 71.3 Å². The Labute approximate surface area is 134 Å². The first-order valence-corrected chi connectivity index (χ1v) is 8.80. The first-order chi connectivity index (χ1) is 10.8. The van der Waals surface area contributed by atoms with E-state index in [0.29, 0.717) is 0 Å². The highest BCUT2D eigenvalue weighted by atomic mass is 32.2. The van der Waals surface area contributed by atoms with Crippen molar-refractivity contribution >= 4 is 29.0 Å². The zero-order valence-corrected chi connectivity index (χ0v) is 13.1. The zero-order chi connectivity index (χ0) is 15.0. The lowest BCUT2D eigenvalue weighted by Gasteiger charge is -2.50. The molecule has 4 rings (SSSR count). The number of benzene rings is 2. The fraction of sp³-hybridized carbons (Fsp3) is 0.278. The van der Waals surface area contributed by atoms with Gasteiger partial charge in [-0.3, -0.25) is 9.69 Å². The molecule has 0 radical (unpaired) electrons. The van der Waals surface area contributed by atoms with Crippen LogP contribution in [0.4, 0.5) is 11.4 Å². The van der Waals surface area contributed by atoms with Crippen molar-refractivity contribution < 1.29 is 4.79 Å². The Balaban J connectivity index is 1.87. The molecule has 1 saturated heterocycles. The molecule has 1 amide bonds. The minimum Gasteiger partial charge on any atom is -0.362 e. The van der Waals surface area contributed by atoms with Gasteiger partial charge in [0.25, 0.3) is 5.91 Å². The lowest BCUT2D eigenvalue weighted by molar-refractivity contribution is 0.0949. The summed E-state index contributed by atoms with van der Waals surface area (Å²) >= 11 is 1.96. The fourth-order valence-electron chi connectivity index (χ4n) is 3.40. The molecule has 22 heavy (non-hydrogen) atoms. The zero-order valence-electron chi connectivity index (χ0n) is 12.3. The number of hydrogen-bond acceptors (Lipinski definition) is 3. The van der Waals surface area contributed by atoms with Crippen molar-refractivity contribution in [3.8, 4) is 0 Å². The van der Waals surface area contributed by atoms with Crippen molar-refractivity contribution in [3.05, 3.63) is 60.2 Å². The maximum absolute atomic E-state index is 13.2. The summed E-state index contributed by atoms with van der Waals surface area (Å²) in [6.07, 6.45) is 1.93. The third kappa shape index (κ3) is 2.10. The highest BCUT2D eigenvalue weighted by Crippen LogP contribution is 2.41. The molecule has 0 aliphatic carbocycles. The number of para-hydroxylation sites is 2. The van der Waals surface area contributed by atoms with Crippen LogP contribution in [0.1, 0.15) is 23.2 Å². The lowest BCUT2D eigenvalue weighted by atomic mass is 9.93. The number of nitrogens with one attached hydrogen (secondary N) is 1. The van der Waals surface area contributed by atoms with Crippen molar-refractivity contribution in [2.75, 3.05) is 21.7 Å². The molecule has 4 heteroatoms. The molecule has 1 spiro atoms. The van der Waals surface area contributed by atoms with Gasteiger partial charge in [-0.2, -0.15) is 11.8 Å². The Morgan fingerprint density at radius 1 is 0.955 bits per heavy atom. The summed E-state index contributed by atoms with van der Waals surface area (Å²) in [6.45, 7) is 0. The average Bonchev–Trinajstić information content (AvgIpc) is 2.57. The van der Waals surface area contributed by atoms with Crippen LogP contribution in [-0.4, -0.2) is 23.1 Å². The molecule has 2 aliphatic heterocycles.